The van der Waals surface area contributed by atoms with Crippen LogP contribution in [0.4, 0.5) is 5.69 Å². The molecule has 0 radical (unpaired) electrons. The molecule has 30 heavy (non-hydrogen) atoms. The second-order valence-corrected chi connectivity index (χ2v) is 9.30. The summed E-state index contributed by atoms with van der Waals surface area (Å²) in [4.78, 5) is 27.3. The number of nitrogens with one attached hydrogen (secondary N) is 1. The summed E-state index contributed by atoms with van der Waals surface area (Å²) >= 11 is 3.41. The fraction of sp³-hybridized carbons (Fsp3) is 0.182. The maximum absolute atomic E-state index is 13.1. The van der Waals surface area contributed by atoms with E-state index in [0.29, 0.717) is 18.5 Å². The third-order valence-corrected chi connectivity index (χ3v) is 6.18. The highest BCUT2D eigenvalue weighted by Gasteiger charge is 2.35. The molecule has 1 aliphatic rings. The smallest absolute Gasteiger partial charge is 0.257 e. The van der Waals surface area contributed by atoms with Crippen LogP contribution in [0.3, 0.4) is 0 Å². The molecule has 8 heteroatoms. The van der Waals surface area contributed by atoms with Crippen LogP contribution in [0.15, 0.2) is 71.1 Å². The van der Waals surface area contributed by atoms with Gasteiger partial charge in [0.15, 0.2) is 0 Å². The number of nitrogens with zero attached hydrogens (tertiary/aromatic N) is 1. The molecule has 0 aromatic heterocycles. The lowest BCUT2D eigenvalue weighted by Gasteiger charge is -2.22. The van der Waals surface area contributed by atoms with Crippen molar-refractivity contribution >= 4 is 49.5 Å². The summed E-state index contributed by atoms with van der Waals surface area (Å²) in [7, 11) is -4.06. The van der Waals surface area contributed by atoms with Crippen LogP contribution in [0, 0.1) is 5.92 Å². The zero-order chi connectivity index (χ0) is 21.7. The fourth-order valence-electron chi connectivity index (χ4n) is 3.25. The molecule has 1 atom stereocenters. The normalized spacial score (nSPS) is 14.4. The van der Waals surface area contributed by atoms with Crippen molar-refractivity contribution in [1.29, 1.82) is 0 Å². The van der Waals surface area contributed by atoms with Gasteiger partial charge in [0.05, 0.1) is 5.41 Å². The van der Waals surface area contributed by atoms with E-state index in [1.165, 1.54) is 17.1 Å². The van der Waals surface area contributed by atoms with Crippen molar-refractivity contribution in [3.8, 4) is 0 Å². The topological polar surface area (TPSA) is 83.5 Å². The van der Waals surface area contributed by atoms with Crippen LogP contribution in [-0.4, -0.2) is 26.8 Å². The lowest BCUT2D eigenvalue weighted by atomic mass is 10.0. The van der Waals surface area contributed by atoms with E-state index in [-0.39, 0.29) is 6.42 Å². The third-order valence-electron chi connectivity index (χ3n) is 4.70. The Bertz CT molecular complexity index is 1100. The molecule has 6 nitrogen and oxygen atoms in total. The molecule has 3 rings (SSSR count). The van der Waals surface area contributed by atoms with Crippen LogP contribution in [0.1, 0.15) is 17.5 Å². The van der Waals surface area contributed by atoms with Crippen molar-refractivity contribution in [2.75, 3.05) is 11.4 Å². The number of amides is 2. The van der Waals surface area contributed by atoms with Gasteiger partial charge in [0, 0.05) is 16.7 Å². The summed E-state index contributed by atoms with van der Waals surface area (Å²) < 4.78 is 27.6. The van der Waals surface area contributed by atoms with Crippen LogP contribution < -0.4 is 9.62 Å². The minimum absolute atomic E-state index is 0.0327. The van der Waals surface area contributed by atoms with Crippen LogP contribution in [-0.2, 0) is 26.0 Å². The number of allylic oxidation sites excluding steroid dienone is 1. The monoisotopic (exact) mass is 488 g/mol. The molecule has 156 valence electrons. The molecule has 2 amide bonds. The Hall–Kier alpha value is -2.71. The van der Waals surface area contributed by atoms with Gasteiger partial charge in [-0.25, -0.2) is 13.1 Å². The second kappa shape index (κ2) is 9.40. The van der Waals surface area contributed by atoms with E-state index in [1.807, 2.05) is 29.0 Å². The molecule has 1 heterocycles. The van der Waals surface area contributed by atoms with Gasteiger partial charge in [-0.2, -0.15) is 0 Å². The van der Waals surface area contributed by atoms with Gasteiger partial charge in [0.25, 0.3) is 10.0 Å². The Kier molecular flexibility index (Phi) is 6.89. The average molecular weight is 489 g/mol. The van der Waals surface area contributed by atoms with Gasteiger partial charge in [-0.1, -0.05) is 52.3 Å². The van der Waals surface area contributed by atoms with Gasteiger partial charge in [0.1, 0.15) is 5.92 Å². The van der Waals surface area contributed by atoms with Gasteiger partial charge in [-0.15, -0.1) is 6.58 Å². The van der Waals surface area contributed by atoms with Gasteiger partial charge in [-0.05, 0) is 48.2 Å². The first-order valence-corrected chi connectivity index (χ1v) is 11.6. The van der Waals surface area contributed by atoms with E-state index >= 15 is 0 Å². The summed E-state index contributed by atoms with van der Waals surface area (Å²) in [6, 6.07) is 14.4. The Morgan fingerprint density at radius 3 is 2.63 bits per heavy atom. The molecule has 0 aliphatic carbocycles. The van der Waals surface area contributed by atoms with E-state index in [9.17, 15) is 18.0 Å². The highest BCUT2D eigenvalue weighted by atomic mass is 79.9. The maximum Gasteiger partial charge on any atom is 0.257 e. The van der Waals surface area contributed by atoms with Crippen molar-refractivity contribution < 1.29 is 18.0 Å². The molecule has 1 aliphatic heterocycles. The Labute approximate surface area is 184 Å². The first-order valence-electron chi connectivity index (χ1n) is 9.31. The Morgan fingerprint density at radius 2 is 1.93 bits per heavy atom. The Morgan fingerprint density at radius 1 is 1.20 bits per heavy atom. The minimum atomic E-state index is -4.06. The van der Waals surface area contributed by atoms with Gasteiger partial charge in [-0.3, -0.25) is 9.59 Å². The van der Waals surface area contributed by atoms with Crippen LogP contribution in [0.25, 0.3) is 6.08 Å². The van der Waals surface area contributed by atoms with Crippen molar-refractivity contribution in [3.63, 3.8) is 0 Å². The highest BCUT2D eigenvalue weighted by Crippen LogP contribution is 2.32. The summed E-state index contributed by atoms with van der Waals surface area (Å²) in [6.07, 6.45) is 3.52. The summed E-state index contributed by atoms with van der Waals surface area (Å²) in [6.45, 7) is 4.04. The first kappa shape index (κ1) is 22.0. The molecule has 0 saturated carbocycles. The van der Waals surface area contributed by atoms with E-state index < -0.39 is 27.8 Å². The molecule has 0 fully saturated rings. The lowest BCUT2D eigenvalue weighted by molar-refractivity contribution is -0.132. The van der Waals surface area contributed by atoms with Gasteiger partial charge >= 0.3 is 0 Å². The number of rotatable bonds is 7. The van der Waals surface area contributed by atoms with E-state index in [2.05, 4.69) is 22.5 Å². The van der Waals surface area contributed by atoms with Crippen molar-refractivity contribution in [2.45, 2.75) is 12.8 Å². The van der Waals surface area contributed by atoms with Crippen LogP contribution >= 0.6 is 15.9 Å². The number of halogens is 1. The second-order valence-electron chi connectivity index (χ2n) is 6.81. The summed E-state index contributed by atoms with van der Waals surface area (Å²) in [5.74, 6) is -2.50. The van der Waals surface area contributed by atoms with Crippen LogP contribution in [0.5, 0.6) is 0 Å². The number of fused-ring (bicyclic) bond motifs is 1. The molecular formula is C22H21BrN2O4S. The quantitative estimate of drug-likeness (QED) is 0.476. The largest absolute Gasteiger partial charge is 0.311 e. The van der Waals surface area contributed by atoms with Crippen molar-refractivity contribution in [2.24, 2.45) is 5.92 Å². The molecule has 1 N–H and O–H groups in total. The molecule has 0 bridgehead atoms. The van der Waals surface area contributed by atoms with Gasteiger partial charge < -0.3 is 4.90 Å². The van der Waals surface area contributed by atoms with E-state index in [4.69, 9.17) is 0 Å². The van der Waals surface area contributed by atoms with E-state index in [0.717, 1.165) is 21.1 Å². The zero-order valence-electron chi connectivity index (χ0n) is 16.1. The number of carbonyl (C=O) groups is 2. The number of anilines is 1. The maximum atomic E-state index is 13.1. The zero-order valence-corrected chi connectivity index (χ0v) is 18.5. The van der Waals surface area contributed by atoms with Gasteiger partial charge in [0.2, 0.25) is 11.8 Å². The molecule has 2 aromatic rings. The molecular weight excluding hydrogens is 468 g/mol. The fourth-order valence-corrected chi connectivity index (χ4v) is 4.49. The SMILES string of the molecule is C=CCC(C(=O)NS(=O)(=O)C=Cc1ccccc1)C(=O)N1CCc2cc(Br)ccc21. The highest BCUT2D eigenvalue weighted by molar-refractivity contribution is 9.10. The minimum Gasteiger partial charge on any atom is -0.311 e. The molecule has 1 unspecified atom stereocenters. The van der Waals surface area contributed by atoms with E-state index in [1.54, 1.807) is 24.3 Å². The lowest BCUT2D eigenvalue weighted by Crippen LogP contribution is -2.44. The average Bonchev–Trinajstić information content (AvgIpc) is 3.13. The standard InChI is InChI=1S/C22H21BrN2O4S/c1-2-6-19(22(27)25-13-11-17-15-18(23)9-10-20(17)25)21(26)24-30(28,29)14-12-16-7-4-3-5-8-16/h2-5,7-10,12,14-15,19H,1,6,11,13H2,(H,24,26). The number of carbonyl (C=O) groups excluding carboxylic acids is 2. The Balaban J connectivity index is 1.76. The number of sulfonamides is 1. The van der Waals surface area contributed by atoms with Crippen molar-refractivity contribution in [3.05, 3.63) is 82.2 Å². The molecule has 0 saturated heterocycles. The predicted molar refractivity (Wildman–Crippen MR) is 121 cm³/mol. The number of hydrogen-bond acceptors (Lipinski definition) is 4. The summed E-state index contributed by atoms with van der Waals surface area (Å²) in [5, 5.41) is 0.915. The molecule has 2 aromatic carbocycles. The predicted octanol–water partition coefficient (Wildman–Crippen LogP) is 3.65. The van der Waals surface area contributed by atoms with Crippen molar-refractivity contribution in [1.82, 2.24) is 4.72 Å². The first-order chi connectivity index (χ1) is 14.3. The van der Waals surface area contributed by atoms with Crippen LogP contribution in [0.2, 0.25) is 0 Å². The third kappa shape index (κ3) is 5.25. The number of benzene rings is 2. The molecule has 0 spiro atoms. The summed E-state index contributed by atoms with van der Waals surface area (Å²) in [5.41, 5.74) is 2.40. The number of hydrogen-bond donors (Lipinski definition) is 1.